The fourth-order valence-electron chi connectivity index (χ4n) is 10.3. The maximum absolute atomic E-state index is 14.2. The largest absolute Gasteiger partial charge is 0.393 e. The number of allylic oxidation sites excluding steroid dienone is 2. The zero-order valence-corrected chi connectivity index (χ0v) is 22.1. The van der Waals surface area contributed by atoms with Crippen LogP contribution in [-0.2, 0) is 4.79 Å². The summed E-state index contributed by atoms with van der Waals surface area (Å²) in [6.45, 7) is 19.4. The van der Waals surface area contributed by atoms with Crippen molar-refractivity contribution in [2.45, 2.75) is 119 Å². The minimum absolute atomic E-state index is 0.00948. The number of fused-ring (bicyclic) bond motifs is 7. The van der Waals surface area contributed by atoms with Gasteiger partial charge in [0.2, 0.25) is 0 Å². The Balaban J connectivity index is 1.63. The van der Waals surface area contributed by atoms with Crippen LogP contribution in [0.2, 0.25) is 0 Å². The van der Waals surface area contributed by atoms with Crippen molar-refractivity contribution in [2.24, 2.45) is 50.2 Å². The molecule has 4 saturated carbocycles. The van der Waals surface area contributed by atoms with Crippen molar-refractivity contribution in [3.63, 3.8) is 0 Å². The molecule has 2 nitrogen and oxygen atoms in total. The smallest absolute Gasteiger partial charge is 0.159 e. The second kappa shape index (κ2) is 6.52. The number of ketones is 1. The number of aliphatic hydroxyl groups excluding tert-OH is 1. The molecule has 5 aliphatic rings. The highest BCUT2D eigenvalue weighted by atomic mass is 16.3. The molecule has 2 heteroatoms. The molecule has 0 radical (unpaired) electrons. The normalized spacial score (nSPS) is 53.9. The van der Waals surface area contributed by atoms with Gasteiger partial charge in [-0.1, -0.05) is 61.0 Å². The van der Waals surface area contributed by atoms with E-state index in [0.717, 1.165) is 25.7 Å². The predicted octanol–water partition coefficient (Wildman–Crippen LogP) is 7.35. The van der Waals surface area contributed by atoms with Crippen LogP contribution in [0, 0.1) is 50.2 Å². The van der Waals surface area contributed by atoms with Crippen LogP contribution in [0.25, 0.3) is 0 Å². The standard InChI is InChI=1S/C30H48O2/c1-25(2)13-14-27(5)15-16-29(7)19(20(27)18-25)17-21(31)24-28(6)11-10-23(32)26(3,4)22(28)9-12-30(24,29)8/h17,20,22-24,32H,9-16,18H2,1-8H3/t20-,22?,23+,24?,27-,28+,29-,30-/m1/s1. The minimum atomic E-state index is -0.245. The van der Waals surface area contributed by atoms with Crippen molar-refractivity contribution in [1.29, 1.82) is 0 Å². The molecule has 5 rings (SSSR count). The Morgan fingerprint density at radius 1 is 0.844 bits per heavy atom. The van der Waals surface area contributed by atoms with Gasteiger partial charge in [-0.25, -0.2) is 0 Å². The van der Waals surface area contributed by atoms with Crippen LogP contribution in [0.1, 0.15) is 113 Å². The molecule has 4 fully saturated rings. The number of carbonyl (C=O) groups excluding carboxylic acids is 1. The topological polar surface area (TPSA) is 37.3 Å². The van der Waals surface area contributed by atoms with Gasteiger partial charge in [0.05, 0.1) is 6.10 Å². The third-order valence-electron chi connectivity index (χ3n) is 12.8. The average Bonchev–Trinajstić information content (AvgIpc) is 2.68. The van der Waals surface area contributed by atoms with Crippen LogP contribution in [-0.4, -0.2) is 17.0 Å². The summed E-state index contributed by atoms with van der Waals surface area (Å²) >= 11 is 0. The van der Waals surface area contributed by atoms with Crippen LogP contribution in [0.3, 0.4) is 0 Å². The second-order valence-electron chi connectivity index (χ2n) is 15.2. The predicted molar refractivity (Wildman–Crippen MR) is 131 cm³/mol. The third-order valence-corrected chi connectivity index (χ3v) is 12.8. The van der Waals surface area contributed by atoms with Gasteiger partial charge >= 0.3 is 0 Å². The van der Waals surface area contributed by atoms with Crippen LogP contribution in [0.4, 0.5) is 0 Å². The first-order valence-electron chi connectivity index (χ1n) is 13.5. The van der Waals surface area contributed by atoms with Crippen molar-refractivity contribution in [3.05, 3.63) is 11.6 Å². The molecule has 8 atom stereocenters. The molecule has 2 unspecified atom stereocenters. The van der Waals surface area contributed by atoms with Gasteiger partial charge in [0, 0.05) is 5.92 Å². The Bertz CT molecular complexity index is 866. The molecule has 0 spiro atoms. The molecule has 0 saturated heterocycles. The third kappa shape index (κ3) is 2.71. The summed E-state index contributed by atoms with van der Waals surface area (Å²) in [6.07, 6.45) is 12.4. The first-order chi connectivity index (χ1) is 14.6. The molecule has 180 valence electrons. The van der Waals surface area contributed by atoms with Gasteiger partial charge in [-0.2, -0.15) is 0 Å². The molecule has 1 N–H and O–H groups in total. The summed E-state index contributed by atoms with van der Waals surface area (Å²) in [5.74, 6) is 1.49. The molecule has 0 amide bonds. The van der Waals surface area contributed by atoms with Crippen molar-refractivity contribution in [2.75, 3.05) is 0 Å². The zero-order chi connectivity index (χ0) is 23.5. The molecule has 0 heterocycles. The molecule has 0 bridgehead atoms. The van der Waals surface area contributed by atoms with E-state index in [2.05, 4.69) is 61.5 Å². The number of aliphatic hydroxyl groups is 1. The lowest BCUT2D eigenvalue weighted by Gasteiger charge is -2.70. The summed E-state index contributed by atoms with van der Waals surface area (Å²) in [5, 5.41) is 10.9. The maximum Gasteiger partial charge on any atom is 0.159 e. The number of carbonyl (C=O) groups is 1. The molecular formula is C30H48O2. The van der Waals surface area contributed by atoms with Crippen molar-refractivity contribution in [3.8, 4) is 0 Å². The van der Waals surface area contributed by atoms with E-state index in [-0.39, 0.29) is 33.7 Å². The van der Waals surface area contributed by atoms with Crippen LogP contribution < -0.4 is 0 Å². The van der Waals surface area contributed by atoms with Gasteiger partial charge in [0.25, 0.3) is 0 Å². The van der Waals surface area contributed by atoms with E-state index in [0.29, 0.717) is 28.4 Å². The van der Waals surface area contributed by atoms with Crippen LogP contribution >= 0.6 is 0 Å². The van der Waals surface area contributed by atoms with Gasteiger partial charge < -0.3 is 5.11 Å². The van der Waals surface area contributed by atoms with E-state index >= 15 is 0 Å². The molecule has 5 aliphatic carbocycles. The molecule has 0 aromatic carbocycles. The quantitative estimate of drug-likeness (QED) is 0.427. The van der Waals surface area contributed by atoms with Crippen LogP contribution in [0.5, 0.6) is 0 Å². The van der Waals surface area contributed by atoms with Gasteiger partial charge in [0.15, 0.2) is 5.78 Å². The molecule has 0 aromatic rings. The lowest BCUT2D eigenvalue weighted by Crippen LogP contribution is -2.66. The Morgan fingerprint density at radius 2 is 1.50 bits per heavy atom. The fraction of sp³-hybridized carbons (Fsp3) is 0.900. The maximum atomic E-state index is 14.2. The number of hydrogen-bond donors (Lipinski definition) is 1. The molecular weight excluding hydrogens is 392 g/mol. The Labute approximate surface area is 197 Å². The van der Waals surface area contributed by atoms with E-state index < -0.39 is 0 Å². The number of hydrogen-bond acceptors (Lipinski definition) is 2. The molecule has 0 aliphatic heterocycles. The van der Waals surface area contributed by atoms with E-state index in [1.165, 1.54) is 37.7 Å². The minimum Gasteiger partial charge on any atom is -0.393 e. The summed E-state index contributed by atoms with van der Waals surface area (Å²) < 4.78 is 0. The van der Waals surface area contributed by atoms with Gasteiger partial charge in [-0.05, 0) is 108 Å². The van der Waals surface area contributed by atoms with E-state index in [9.17, 15) is 9.90 Å². The first kappa shape index (κ1) is 23.1. The summed E-state index contributed by atoms with van der Waals surface area (Å²) in [7, 11) is 0. The second-order valence-corrected chi connectivity index (χ2v) is 15.2. The Kier molecular flexibility index (Phi) is 4.71. The summed E-state index contributed by atoms with van der Waals surface area (Å²) in [5.41, 5.74) is 2.29. The first-order valence-corrected chi connectivity index (χ1v) is 13.5. The Hall–Kier alpha value is -0.630. The van der Waals surface area contributed by atoms with Crippen molar-refractivity contribution < 1.29 is 9.90 Å². The zero-order valence-electron chi connectivity index (χ0n) is 22.1. The van der Waals surface area contributed by atoms with E-state index in [4.69, 9.17) is 0 Å². The van der Waals surface area contributed by atoms with Crippen LogP contribution in [0.15, 0.2) is 11.6 Å². The summed E-state index contributed by atoms with van der Waals surface area (Å²) in [6, 6.07) is 0. The Morgan fingerprint density at radius 3 is 2.19 bits per heavy atom. The van der Waals surface area contributed by atoms with Gasteiger partial charge in [-0.3, -0.25) is 4.79 Å². The van der Waals surface area contributed by atoms with E-state index in [1.807, 2.05) is 0 Å². The molecule has 32 heavy (non-hydrogen) atoms. The van der Waals surface area contributed by atoms with E-state index in [1.54, 1.807) is 0 Å². The highest BCUT2D eigenvalue weighted by Crippen LogP contribution is 2.75. The SMILES string of the molecule is CC1(C)CC[C@]2(C)CC[C@]3(C)C(=CC(=O)C4[C@@]5(C)CC[C@H](O)C(C)(C)C5CC[C@]43C)[C@H]2C1. The number of rotatable bonds is 0. The van der Waals surface area contributed by atoms with Crippen molar-refractivity contribution in [1.82, 2.24) is 0 Å². The summed E-state index contributed by atoms with van der Waals surface area (Å²) in [4.78, 5) is 14.2. The lowest BCUT2D eigenvalue weighted by molar-refractivity contribution is -0.202. The highest BCUT2D eigenvalue weighted by molar-refractivity contribution is 5.95. The highest BCUT2D eigenvalue weighted by Gasteiger charge is 2.69. The van der Waals surface area contributed by atoms with Crippen molar-refractivity contribution >= 4 is 5.78 Å². The fourth-order valence-corrected chi connectivity index (χ4v) is 10.3. The lowest BCUT2D eigenvalue weighted by atomic mass is 9.33. The van der Waals surface area contributed by atoms with Gasteiger partial charge in [0.1, 0.15) is 0 Å². The average molecular weight is 441 g/mol. The monoisotopic (exact) mass is 440 g/mol. The van der Waals surface area contributed by atoms with Gasteiger partial charge in [-0.15, -0.1) is 0 Å². The molecule has 0 aromatic heterocycles.